The van der Waals surface area contributed by atoms with Crippen LogP contribution >= 0.6 is 0 Å². The highest BCUT2D eigenvalue weighted by atomic mass is 16.5. The van der Waals surface area contributed by atoms with Crippen molar-refractivity contribution in [3.05, 3.63) is 18.2 Å². The van der Waals surface area contributed by atoms with Gasteiger partial charge in [-0.05, 0) is 32.7 Å². The minimum atomic E-state index is 0.124. The van der Waals surface area contributed by atoms with Crippen LogP contribution in [0.1, 0.15) is 31.5 Å². The lowest BCUT2D eigenvalue weighted by molar-refractivity contribution is -0.0831. The van der Waals surface area contributed by atoms with Crippen LogP contribution in [-0.4, -0.2) is 35.4 Å². The molecule has 1 aliphatic carbocycles. The Balaban J connectivity index is 1.95. The van der Waals surface area contributed by atoms with E-state index >= 15 is 0 Å². The Bertz CT molecular complexity index is 352. The topological polar surface area (TPSA) is 39.1 Å². The van der Waals surface area contributed by atoms with E-state index in [2.05, 4.69) is 14.9 Å². The first-order valence-corrected chi connectivity index (χ1v) is 6.38. The second-order valence-corrected chi connectivity index (χ2v) is 5.09. The zero-order valence-electron chi connectivity index (χ0n) is 11.1. The Morgan fingerprint density at radius 1 is 1.59 bits per heavy atom. The third-order valence-corrected chi connectivity index (χ3v) is 4.07. The van der Waals surface area contributed by atoms with Crippen molar-refractivity contribution in [2.75, 3.05) is 14.2 Å². The average Bonchev–Trinajstić information content (AvgIpc) is 2.68. The molecule has 0 saturated heterocycles. The predicted molar refractivity (Wildman–Crippen MR) is 68.0 cm³/mol. The Labute approximate surface area is 103 Å². The number of aryl methyl sites for hydroxylation is 1. The lowest BCUT2D eigenvalue weighted by Gasteiger charge is -2.42. The van der Waals surface area contributed by atoms with Gasteiger partial charge in [-0.2, -0.15) is 0 Å². The Hall–Kier alpha value is -0.870. The van der Waals surface area contributed by atoms with Crippen molar-refractivity contribution in [2.45, 2.75) is 43.7 Å². The first kappa shape index (κ1) is 12.6. The summed E-state index contributed by atoms with van der Waals surface area (Å²) in [5.74, 6) is 1.13. The van der Waals surface area contributed by atoms with Crippen LogP contribution in [0, 0.1) is 0 Å². The van der Waals surface area contributed by atoms with Gasteiger partial charge in [0, 0.05) is 39.0 Å². The summed E-state index contributed by atoms with van der Waals surface area (Å²) in [6.07, 6.45) is 9.59. The number of hydrogen-bond donors (Lipinski definition) is 1. The van der Waals surface area contributed by atoms with Crippen LogP contribution < -0.4 is 5.32 Å². The number of nitrogens with one attached hydrogen (secondary N) is 1. The number of hydrogen-bond acceptors (Lipinski definition) is 3. The third-order valence-electron chi connectivity index (χ3n) is 4.07. The molecule has 4 nitrogen and oxygen atoms in total. The molecule has 2 rings (SSSR count). The molecule has 4 heteroatoms. The van der Waals surface area contributed by atoms with Crippen molar-refractivity contribution in [3.8, 4) is 0 Å². The van der Waals surface area contributed by atoms with Crippen molar-refractivity contribution in [1.29, 1.82) is 0 Å². The summed E-state index contributed by atoms with van der Waals surface area (Å²) >= 11 is 0. The monoisotopic (exact) mass is 237 g/mol. The molecule has 17 heavy (non-hydrogen) atoms. The van der Waals surface area contributed by atoms with Gasteiger partial charge in [0.1, 0.15) is 5.82 Å². The molecule has 0 bridgehead atoms. The Morgan fingerprint density at radius 2 is 2.35 bits per heavy atom. The van der Waals surface area contributed by atoms with Crippen LogP contribution in [0.4, 0.5) is 0 Å². The fourth-order valence-electron chi connectivity index (χ4n) is 2.60. The highest BCUT2D eigenvalue weighted by molar-refractivity contribution is 4.99. The van der Waals surface area contributed by atoms with Crippen molar-refractivity contribution in [3.63, 3.8) is 0 Å². The lowest BCUT2D eigenvalue weighted by Crippen LogP contribution is -2.46. The van der Waals surface area contributed by atoms with Gasteiger partial charge in [-0.1, -0.05) is 0 Å². The highest BCUT2D eigenvalue weighted by Gasteiger charge is 2.38. The number of likely N-dealkylation sites (N-methyl/N-ethyl adjacent to an activating group) is 1. The fourth-order valence-corrected chi connectivity index (χ4v) is 2.60. The van der Waals surface area contributed by atoms with Gasteiger partial charge in [0.25, 0.3) is 0 Å². The van der Waals surface area contributed by atoms with E-state index in [0.717, 1.165) is 18.7 Å². The van der Waals surface area contributed by atoms with Gasteiger partial charge >= 0.3 is 0 Å². The van der Waals surface area contributed by atoms with E-state index in [4.69, 9.17) is 4.74 Å². The van der Waals surface area contributed by atoms with Crippen molar-refractivity contribution in [2.24, 2.45) is 7.05 Å². The minimum absolute atomic E-state index is 0.124. The van der Waals surface area contributed by atoms with E-state index in [-0.39, 0.29) is 5.60 Å². The second kappa shape index (κ2) is 5.19. The summed E-state index contributed by atoms with van der Waals surface area (Å²) in [5, 5.41) is 3.39. The summed E-state index contributed by atoms with van der Waals surface area (Å²) < 4.78 is 7.78. The van der Waals surface area contributed by atoms with Crippen LogP contribution in [0.2, 0.25) is 0 Å². The zero-order chi connectivity index (χ0) is 12.3. The normalized spacial score (nSPS) is 19.9. The first-order chi connectivity index (χ1) is 8.19. The maximum Gasteiger partial charge on any atom is 0.109 e. The maximum absolute atomic E-state index is 5.69. The fraction of sp³-hybridized carbons (Fsp3) is 0.769. The van der Waals surface area contributed by atoms with Gasteiger partial charge in [-0.3, -0.25) is 0 Å². The SMILES string of the molecule is CNC(Cc1nccn1C)CC1(OC)CCC1. The molecule has 1 fully saturated rings. The first-order valence-electron chi connectivity index (χ1n) is 6.38. The Kier molecular flexibility index (Phi) is 3.84. The summed E-state index contributed by atoms with van der Waals surface area (Å²) in [5.41, 5.74) is 0.124. The number of aromatic nitrogens is 2. The lowest BCUT2D eigenvalue weighted by atomic mass is 9.75. The second-order valence-electron chi connectivity index (χ2n) is 5.09. The summed E-state index contributed by atoms with van der Waals surface area (Å²) in [7, 11) is 5.91. The smallest absolute Gasteiger partial charge is 0.109 e. The van der Waals surface area contributed by atoms with Crippen molar-refractivity contribution < 1.29 is 4.74 Å². The highest BCUT2D eigenvalue weighted by Crippen LogP contribution is 2.39. The summed E-state index contributed by atoms with van der Waals surface area (Å²) in [6, 6.07) is 0.441. The molecule has 0 spiro atoms. The third kappa shape index (κ3) is 2.69. The van der Waals surface area contributed by atoms with Crippen molar-refractivity contribution >= 4 is 0 Å². The van der Waals surface area contributed by atoms with Gasteiger partial charge in [0.2, 0.25) is 0 Å². The number of methoxy groups -OCH3 is 1. The minimum Gasteiger partial charge on any atom is -0.378 e. The number of imidazole rings is 1. The molecule has 1 aromatic rings. The molecule has 96 valence electrons. The van der Waals surface area contributed by atoms with Gasteiger partial charge in [-0.25, -0.2) is 4.98 Å². The maximum atomic E-state index is 5.69. The van der Waals surface area contributed by atoms with Gasteiger partial charge < -0.3 is 14.6 Å². The molecule has 0 amide bonds. The summed E-state index contributed by atoms with van der Waals surface area (Å²) in [6.45, 7) is 0. The molecule has 1 saturated carbocycles. The van der Waals surface area contributed by atoms with Crippen LogP contribution in [-0.2, 0) is 18.2 Å². The number of ether oxygens (including phenoxy) is 1. The van der Waals surface area contributed by atoms with Crippen LogP contribution in [0.15, 0.2) is 12.4 Å². The van der Waals surface area contributed by atoms with Gasteiger partial charge in [0.15, 0.2) is 0 Å². The van der Waals surface area contributed by atoms with Gasteiger partial charge in [0.05, 0.1) is 5.60 Å². The van der Waals surface area contributed by atoms with Crippen LogP contribution in [0.25, 0.3) is 0 Å². The van der Waals surface area contributed by atoms with E-state index in [0.29, 0.717) is 6.04 Å². The van der Waals surface area contributed by atoms with E-state index in [1.165, 1.54) is 19.3 Å². The molecule has 0 radical (unpaired) electrons. The largest absolute Gasteiger partial charge is 0.378 e. The molecule has 1 N–H and O–H groups in total. The summed E-state index contributed by atoms with van der Waals surface area (Å²) in [4.78, 5) is 4.39. The molecular formula is C13H23N3O. The molecule has 1 aromatic heterocycles. The van der Waals surface area contributed by atoms with Crippen LogP contribution in [0.5, 0.6) is 0 Å². The van der Waals surface area contributed by atoms with Crippen LogP contribution in [0.3, 0.4) is 0 Å². The van der Waals surface area contributed by atoms with E-state index in [9.17, 15) is 0 Å². The molecule has 1 atom stereocenters. The Morgan fingerprint density at radius 3 is 2.76 bits per heavy atom. The standard InChI is InChI=1S/C13H23N3O/c1-14-11(9-12-15-7-8-16(12)2)10-13(17-3)5-4-6-13/h7-8,11,14H,4-6,9-10H2,1-3H3. The zero-order valence-corrected chi connectivity index (χ0v) is 11.1. The number of rotatable bonds is 6. The van der Waals surface area contributed by atoms with E-state index in [1.54, 1.807) is 0 Å². The van der Waals surface area contributed by atoms with E-state index < -0.39 is 0 Å². The predicted octanol–water partition coefficient (Wildman–Crippen LogP) is 1.51. The molecular weight excluding hydrogens is 214 g/mol. The average molecular weight is 237 g/mol. The molecule has 1 unspecified atom stereocenters. The quantitative estimate of drug-likeness (QED) is 0.815. The molecule has 0 aliphatic heterocycles. The number of nitrogens with zero attached hydrogens (tertiary/aromatic N) is 2. The molecule has 1 aliphatic rings. The van der Waals surface area contributed by atoms with Gasteiger partial charge in [-0.15, -0.1) is 0 Å². The van der Waals surface area contributed by atoms with Crippen molar-refractivity contribution in [1.82, 2.24) is 14.9 Å². The molecule has 0 aromatic carbocycles. The van der Waals surface area contributed by atoms with E-state index in [1.807, 2.05) is 33.6 Å². The molecule has 1 heterocycles.